The standard InChI is InChI=1S/C21H20FN5S/c1-21(2,3)27-28-19-7-5-4-6-14(19)13-8-9-15(17(22)10-13)16-12-25-20(24)26-18(16)11-23/h4-10,12,27H,1-3H3,(H2,24,25,26). The summed E-state index contributed by atoms with van der Waals surface area (Å²) in [4.78, 5) is 8.76. The van der Waals surface area contributed by atoms with Gasteiger partial charge in [0, 0.05) is 27.8 Å². The van der Waals surface area contributed by atoms with Crippen molar-refractivity contribution in [1.29, 1.82) is 5.26 Å². The molecule has 0 aliphatic carbocycles. The number of rotatable bonds is 4. The van der Waals surface area contributed by atoms with Crippen molar-refractivity contribution in [2.24, 2.45) is 0 Å². The van der Waals surface area contributed by atoms with Gasteiger partial charge in [-0.3, -0.25) is 4.72 Å². The Morgan fingerprint density at radius 2 is 1.86 bits per heavy atom. The summed E-state index contributed by atoms with van der Waals surface area (Å²) in [6.45, 7) is 6.25. The number of hydrogen-bond donors (Lipinski definition) is 2. The van der Waals surface area contributed by atoms with E-state index in [1.165, 1.54) is 24.2 Å². The lowest BCUT2D eigenvalue weighted by Gasteiger charge is -2.20. The molecule has 7 heteroatoms. The Balaban J connectivity index is 2.00. The van der Waals surface area contributed by atoms with Gasteiger partial charge in [0.2, 0.25) is 5.95 Å². The first kappa shape index (κ1) is 19.8. The van der Waals surface area contributed by atoms with Crippen LogP contribution in [0.2, 0.25) is 0 Å². The van der Waals surface area contributed by atoms with Gasteiger partial charge < -0.3 is 5.73 Å². The number of nitrogens with zero attached hydrogens (tertiary/aromatic N) is 3. The number of nitrogens with two attached hydrogens (primary N) is 1. The Hall–Kier alpha value is -2.95. The summed E-state index contributed by atoms with van der Waals surface area (Å²) in [5.41, 5.74) is 7.75. The topological polar surface area (TPSA) is 87.6 Å². The van der Waals surface area contributed by atoms with Crippen LogP contribution in [0.15, 0.2) is 53.6 Å². The van der Waals surface area contributed by atoms with Crippen molar-refractivity contribution < 1.29 is 4.39 Å². The molecule has 0 saturated carbocycles. The van der Waals surface area contributed by atoms with Gasteiger partial charge in [-0.15, -0.1) is 0 Å². The van der Waals surface area contributed by atoms with Crippen molar-refractivity contribution in [3.63, 3.8) is 0 Å². The van der Waals surface area contributed by atoms with E-state index in [9.17, 15) is 9.65 Å². The maximum Gasteiger partial charge on any atom is 0.221 e. The van der Waals surface area contributed by atoms with Gasteiger partial charge in [0.1, 0.15) is 11.9 Å². The minimum atomic E-state index is -0.453. The summed E-state index contributed by atoms with van der Waals surface area (Å²) < 4.78 is 18.3. The second-order valence-corrected chi connectivity index (χ2v) is 8.10. The van der Waals surface area contributed by atoms with Crippen LogP contribution in [-0.4, -0.2) is 15.5 Å². The van der Waals surface area contributed by atoms with Gasteiger partial charge in [-0.25, -0.2) is 14.4 Å². The van der Waals surface area contributed by atoms with Crippen LogP contribution in [0.1, 0.15) is 26.5 Å². The SMILES string of the molecule is CC(C)(C)NSc1ccccc1-c1ccc(-c2cnc(N)nc2C#N)c(F)c1. The van der Waals surface area contributed by atoms with Crippen LogP contribution >= 0.6 is 11.9 Å². The van der Waals surface area contributed by atoms with E-state index in [1.807, 2.05) is 36.4 Å². The second-order valence-electron chi connectivity index (χ2n) is 7.25. The van der Waals surface area contributed by atoms with Gasteiger partial charge in [0.15, 0.2) is 5.69 Å². The molecule has 3 N–H and O–H groups in total. The molecule has 0 amide bonds. The van der Waals surface area contributed by atoms with Crippen LogP contribution in [0, 0.1) is 17.1 Å². The first-order chi connectivity index (χ1) is 13.3. The molecule has 1 aromatic heterocycles. The van der Waals surface area contributed by atoms with Gasteiger partial charge >= 0.3 is 0 Å². The number of benzene rings is 2. The quantitative estimate of drug-likeness (QED) is 0.619. The summed E-state index contributed by atoms with van der Waals surface area (Å²) >= 11 is 1.51. The number of aromatic nitrogens is 2. The first-order valence-corrected chi connectivity index (χ1v) is 9.46. The van der Waals surface area contributed by atoms with Gasteiger partial charge in [-0.05, 0) is 56.0 Å². The van der Waals surface area contributed by atoms with E-state index in [1.54, 1.807) is 6.07 Å². The van der Waals surface area contributed by atoms with Gasteiger partial charge in [0.25, 0.3) is 0 Å². The molecule has 0 bridgehead atoms. The minimum Gasteiger partial charge on any atom is -0.368 e. The fourth-order valence-electron chi connectivity index (χ4n) is 2.58. The first-order valence-electron chi connectivity index (χ1n) is 8.64. The van der Waals surface area contributed by atoms with Crippen molar-refractivity contribution >= 4 is 17.9 Å². The van der Waals surface area contributed by atoms with Crippen LogP contribution in [0.5, 0.6) is 0 Å². The Labute approximate surface area is 168 Å². The predicted octanol–water partition coefficient (Wildman–Crippen LogP) is 4.80. The van der Waals surface area contributed by atoms with Crippen LogP contribution < -0.4 is 10.5 Å². The molecule has 1 heterocycles. The molecule has 0 aliphatic heterocycles. The third-order valence-electron chi connectivity index (χ3n) is 3.84. The highest BCUT2D eigenvalue weighted by Crippen LogP contribution is 2.34. The molecule has 0 fully saturated rings. The van der Waals surface area contributed by atoms with E-state index < -0.39 is 5.82 Å². The van der Waals surface area contributed by atoms with Crippen molar-refractivity contribution in [2.45, 2.75) is 31.2 Å². The minimum absolute atomic E-state index is 0.0189. The molecular formula is C21H20FN5S. The number of nitrogen functional groups attached to an aromatic ring is 1. The lowest BCUT2D eigenvalue weighted by atomic mass is 9.99. The molecule has 0 saturated heterocycles. The molecule has 0 aliphatic rings. The molecule has 5 nitrogen and oxygen atoms in total. The molecule has 3 rings (SSSR count). The lowest BCUT2D eigenvalue weighted by Crippen LogP contribution is -2.29. The Kier molecular flexibility index (Phi) is 5.63. The summed E-state index contributed by atoms with van der Waals surface area (Å²) in [5.74, 6) is -0.472. The molecule has 3 aromatic rings. The molecule has 2 aromatic carbocycles. The van der Waals surface area contributed by atoms with E-state index in [4.69, 9.17) is 5.73 Å². The van der Waals surface area contributed by atoms with Crippen molar-refractivity contribution in [3.05, 3.63) is 60.2 Å². The summed E-state index contributed by atoms with van der Waals surface area (Å²) in [6, 6.07) is 14.7. The van der Waals surface area contributed by atoms with E-state index in [0.717, 1.165) is 16.0 Å². The number of nitriles is 1. The van der Waals surface area contributed by atoms with E-state index in [2.05, 4.69) is 35.5 Å². The maximum absolute atomic E-state index is 14.9. The predicted molar refractivity (Wildman–Crippen MR) is 111 cm³/mol. The molecule has 0 atom stereocenters. The highest BCUT2D eigenvalue weighted by atomic mass is 32.2. The fourth-order valence-corrected chi connectivity index (χ4v) is 3.44. The summed E-state index contributed by atoms with van der Waals surface area (Å²) in [6.07, 6.45) is 1.37. The zero-order valence-electron chi connectivity index (χ0n) is 15.8. The summed E-state index contributed by atoms with van der Waals surface area (Å²) in [5, 5.41) is 9.26. The highest BCUT2D eigenvalue weighted by molar-refractivity contribution is 7.97. The van der Waals surface area contributed by atoms with Crippen molar-refractivity contribution in [2.75, 3.05) is 5.73 Å². The fraction of sp³-hybridized carbons (Fsp3) is 0.190. The van der Waals surface area contributed by atoms with Gasteiger partial charge in [-0.1, -0.05) is 30.3 Å². The van der Waals surface area contributed by atoms with Crippen molar-refractivity contribution in [3.8, 4) is 28.3 Å². The number of anilines is 1. The third-order valence-corrected chi connectivity index (χ3v) is 5.13. The molecule has 0 unspecified atom stereocenters. The smallest absolute Gasteiger partial charge is 0.221 e. The Morgan fingerprint density at radius 3 is 2.54 bits per heavy atom. The normalized spacial score (nSPS) is 11.2. The summed E-state index contributed by atoms with van der Waals surface area (Å²) in [7, 11) is 0. The number of halogens is 1. The number of hydrogen-bond acceptors (Lipinski definition) is 6. The second kappa shape index (κ2) is 7.97. The molecule has 0 radical (unpaired) electrons. The van der Waals surface area contributed by atoms with E-state index in [0.29, 0.717) is 5.56 Å². The third kappa shape index (κ3) is 4.47. The molecule has 0 spiro atoms. The van der Waals surface area contributed by atoms with Crippen LogP contribution in [0.3, 0.4) is 0 Å². The maximum atomic E-state index is 14.9. The van der Waals surface area contributed by atoms with Crippen LogP contribution in [0.4, 0.5) is 10.3 Å². The van der Waals surface area contributed by atoms with Crippen LogP contribution in [-0.2, 0) is 0 Å². The number of nitrogens with one attached hydrogen (secondary N) is 1. The highest BCUT2D eigenvalue weighted by Gasteiger charge is 2.16. The van der Waals surface area contributed by atoms with Gasteiger partial charge in [0.05, 0.1) is 0 Å². The van der Waals surface area contributed by atoms with Gasteiger partial charge in [-0.2, -0.15) is 5.26 Å². The van der Waals surface area contributed by atoms with Crippen LogP contribution in [0.25, 0.3) is 22.3 Å². The molecule has 28 heavy (non-hydrogen) atoms. The average molecular weight is 393 g/mol. The average Bonchev–Trinajstić information content (AvgIpc) is 2.66. The zero-order valence-corrected chi connectivity index (χ0v) is 16.6. The largest absolute Gasteiger partial charge is 0.368 e. The van der Waals surface area contributed by atoms with E-state index in [-0.39, 0.29) is 22.7 Å². The zero-order chi connectivity index (χ0) is 20.3. The van der Waals surface area contributed by atoms with E-state index >= 15 is 0 Å². The molecule has 142 valence electrons. The Bertz CT molecular complexity index is 1050. The Morgan fingerprint density at radius 1 is 1.11 bits per heavy atom. The molecular weight excluding hydrogens is 373 g/mol. The monoisotopic (exact) mass is 393 g/mol. The van der Waals surface area contributed by atoms with Crippen molar-refractivity contribution in [1.82, 2.24) is 14.7 Å². The lowest BCUT2D eigenvalue weighted by molar-refractivity contribution is 0.535.